The van der Waals surface area contributed by atoms with E-state index in [1.807, 2.05) is 36.5 Å². The van der Waals surface area contributed by atoms with E-state index in [0.29, 0.717) is 24.6 Å². The second-order valence-electron chi connectivity index (χ2n) is 7.94. The van der Waals surface area contributed by atoms with Crippen LogP contribution in [0.25, 0.3) is 21.1 Å². The van der Waals surface area contributed by atoms with Crippen LogP contribution in [0.15, 0.2) is 48.8 Å². The molecule has 0 spiro atoms. The molecule has 8 heteroatoms. The van der Waals surface area contributed by atoms with Crippen molar-refractivity contribution in [1.82, 2.24) is 19.8 Å². The molecule has 0 unspecified atom stereocenters. The Kier molecular flexibility index (Phi) is 5.50. The Labute approximate surface area is 189 Å². The minimum absolute atomic E-state index is 0.000216. The second kappa shape index (κ2) is 8.46. The topological polar surface area (TPSA) is 76.5 Å². The molecule has 3 aromatic heterocycles. The molecule has 7 nitrogen and oxygen atoms in total. The summed E-state index contributed by atoms with van der Waals surface area (Å²) in [5, 5.41) is 4.80. The second-order valence-corrected chi connectivity index (χ2v) is 8.93. The number of pyridine rings is 1. The van der Waals surface area contributed by atoms with Gasteiger partial charge in [-0.3, -0.25) is 19.1 Å². The molecular formula is C24H24N4O3S. The van der Waals surface area contributed by atoms with Gasteiger partial charge >= 0.3 is 0 Å². The third-order valence-electron chi connectivity index (χ3n) is 5.94. The van der Waals surface area contributed by atoms with Gasteiger partial charge in [-0.15, -0.1) is 11.3 Å². The van der Waals surface area contributed by atoms with Gasteiger partial charge in [-0.2, -0.15) is 0 Å². The first kappa shape index (κ1) is 20.8. The molecule has 5 rings (SSSR count). The van der Waals surface area contributed by atoms with E-state index in [1.165, 1.54) is 11.3 Å². The van der Waals surface area contributed by atoms with Gasteiger partial charge in [-0.25, -0.2) is 4.98 Å². The first-order valence-electron chi connectivity index (χ1n) is 10.6. The van der Waals surface area contributed by atoms with Crippen molar-refractivity contribution in [2.75, 3.05) is 26.7 Å². The number of thiophene rings is 1. The summed E-state index contributed by atoms with van der Waals surface area (Å²) in [6.07, 6.45) is 3.46. The molecule has 1 fully saturated rings. The normalized spacial score (nSPS) is 17.1. The predicted octanol–water partition coefficient (Wildman–Crippen LogP) is 3.84. The molecule has 0 radical (unpaired) electrons. The molecule has 1 aliphatic rings. The summed E-state index contributed by atoms with van der Waals surface area (Å²) in [6, 6.07) is 11.9. The Morgan fingerprint density at radius 2 is 2.03 bits per heavy atom. The van der Waals surface area contributed by atoms with E-state index in [1.54, 1.807) is 24.7 Å². The number of hydrogen-bond donors (Lipinski definition) is 1. The Hall–Kier alpha value is -3.07. The van der Waals surface area contributed by atoms with Crippen LogP contribution in [0.1, 0.15) is 38.6 Å². The van der Waals surface area contributed by atoms with E-state index in [2.05, 4.69) is 21.3 Å². The standard InChI is InChI=1S/C24H24N4O3S/c1-15(29)28-13-16(17-6-3-4-8-19(17)28)12-27-10-11-31-20(14-27)21-18-7-5-9-26-24(18)32-22(21)23(30)25-2/h3-9,13,20H,10-12,14H2,1-2H3,(H,25,30)/t20-/m0/s1. The summed E-state index contributed by atoms with van der Waals surface area (Å²) in [5.41, 5.74) is 2.95. The van der Waals surface area contributed by atoms with Crippen LogP contribution in [0.3, 0.4) is 0 Å². The number of fused-ring (bicyclic) bond motifs is 2. The molecular weight excluding hydrogens is 424 g/mol. The van der Waals surface area contributed by atoms with E-state index in [-0.39, 0.29) is 17.9 Å². The van der Waals surface area contributed by atoms with Crippen molar-refractivity contribution >= 4 is 44.3 Å². The number of aromatic nitrogens is 2. The number of morpholine rings is 1. The van der Waals surface area contributed by atoms with Crippen molar-refractivity contribution in [2.45, 2.75) is 19.6 Å². The Balaban J connectivity index is 1.47. The molecule has 1 amide bonds. The van der Waals surface area contributed by atoms with Crippen LogP contribution in [-0.4, -0.2) is 53.0 Å². The van der Waals surface area contributed by atoms with Crippen molar-refractivity contribution < 1.29 is 14.3 Å². The molecule has 0 saturated carbocycles. The molecule has 1 saturated heterocycles. The summed E-state index contributed by atoms with van der Waals surface area (Å²) >= 11 is 1.40. The fraction of sp³-hybridized carbons (Fsp3) is 0.292. The molecule has 0 aliphatic carbocycles. The highest BCUT2D eigenvalue weighted by atomic mass is 32.1. The van der Waals surface area contributed by atoms with E-state index >= 15 is 0 Å². The number of ether oxygens (including phenoxy) is 1. The van der Waals surface area contributed by atoms with Gasteiger partial charge in [0.2, 0.25) is 5.91 Å². The first-order valence-corrected chi connectivity index (χ1v) is 11.4. The highest BCUT2D eigenvalue weighted by Gasteiger charge is 2.30. The lowest BCUT2D eigenvalue weighted by molar-refractivity contribution is -0.0322. The van der Waals surface area contributed by atoms with Gasteiger partial charge < -0.3 is 10.1 Å². The van der Waals surface area contributed by atoms with Crippen molar-refractivity contribution in [1.29, 1.82) is 0 Å². The maximum atomic E-state index is 12.6. The first-order chi connectivity index (χ1) is 15.6. The van der Waals surface area contributed by atoms with Crippen molar-refractivity contribution in [2.24, 2.45) is 0 Å². The molecule has 0 bridgehead atoms. The van der Waals surface area contributed by atoms with Crippen LogP contribution < -0.4 is 5.32 Å². The summed E-state index contributed by atoms with van der Waals surface area (Å²) < 4.78 is 7.88. The smallest absolute Gasteiger partial charge is 0.261 e. The van der Waals surface area contributed by atoms with Gasteiger partial charge in [-0.1, -0.05) is 24.3 Å². The van der Waals surface area contributed by atoms with Gasteiger partial charge in [0.05, 0.1) is 18.2 Å². The quantitative estimate of drug-likeness (QED) is 0.513. The van der Waals surface area contributed by atoms with Crippen LogP contribution in [0.4, 0.5) is 0 Å². The zero-order chi connectivity index (χ0) is 22.2. The largest absolute Gasteiger partial charge is 0.371 e. The minimum Gasteiger partial charge on any atom is -0.371 e. The zero-order valence-electron chi connectivity index (χ0n) is 18.0. The lowest BCUT2D eigenvalue weighted by Crippen LogP contribution is -2.38. The van der Waals surface area contributed by atoms with Gasteiger partial charge in [0.1, 0.15) is 9.71 Å². The SMILES string of the molecule is CNC(=O)c1sc2ncccc2c1[C@@H]1CN(Cc2cn(C(C)=O)c3ccccc23)CCO1. The van der Waals surface area contributed by atoms with E-state index < -0.39 is 0 Å². The third kappa shape index (κ3) is 3.60. The van der Waals surface area contributed by atoms with E-state index in [4.69, 9.17) is 4.74 Å². The van der Waals surface area contributed by atoms with Gasteiger partial charge in [0, 0.05) is 62.3 Å². The van der Waals surface area contributed by atoms with Gasteiger partial charge in [0.15, 0.2) is 0 Å². The number of rotatable bonds is 4. The van der Waals surface area contributed by atoms with Crippen LogP contribution in [0.5, 0.6) is 0 Å². The summed E-state index contributed by atoms with van der Waals surface area (Å²) in [6.45, 7) is 4.30. The monoisotopic (exact) mass is 448 g/mol. The van der Waals surface area contributed by atoms with E-state index in [0.717, 1.165) is 38.8 Å². The lowest BCUT2D eigenvalue weighted by Gasteiger charge is -2.33. The summed E-state index contributed by atoms with van der Waals surface area (Å²) in [4.78, 5) is 33.0. The number of hydrogen-bond acceptors (Lipinski definition) is 6. The Morgan fingerprint density at radius 3 is 2.84 bits per heavy atom. The fourth-order valence-electron chi connectivity index (χ4n) is 4.45. The fourth-order valence-corrected chi connectivity index (χ4v) is 5.59. The average Bonchev–Trinajstić information content (AvgIpc) is 3.38. The highest BCUT2D eigenvalue weighted by Crippen LogP contribution is 2.37. The van der Waals surface area contributed by atoms with Crippen LogP contribution in [-0.2, 0) is 11.3 Å². The molecule has 1 aliphatic heterocycles. The minimum atomic E-state index is -0.227. The molecule has 4 heterocycles. The number of benzene rings is 1. The summed E-state index contributed by atoms with van der Waals surface area (Å²) in [5.74, 6) is -0.118. The third-order valence-corrected chi connectivity index (χ3v) is 7.07. The number of nitrogens with one attached hydrogen (secondary N) is 1. The van der Waals surface area contributed by atoms with Crippen molar-refractivity contribution in [3.8, 4) is 0 Å². The number of nitrogens with zero attached hydrogens (tertiary/aromatic N) is 3. The van der Waals surface area contributed by atoms with Crippen LogP contribution in [0, 0.1) is 0 Å². The maximum absolute atomic E-state index is 12.6. The maximum Gasteiger partial charge on any atom is 0.261 e. The Bertz CT molecular complexity index is 1330. The van der Waals surface area contributed by atoms with Crippen LogP contribution in [0.2, 0.25) is 0 Å². The van der Waals surface area contributed by atoms with Gasteiger partial charge in [-0.05, 0) is 17.7 Å². The molecule has 32 heavy (non-hydrogen) atoms. The molecule has 1 aromatic carbocycles. The molecule has 164 valence electrons. The number of amides is 1. The van der Waals surface area contributed by atoms with Gasteiger partial charge in [0.25, 0.3) is 5.91 Å². The number of carbonyl (C=O) groups is 2. The molecule has 1 atom stereocenters. The lowest BCUT2D eigenvalue weighted by atomic mass is 10.0. The molecule has 1 N–H and O–H groups in total. The van der Waals surface area contributed by atoms with Crippen molar-refractivity contribution in [3.63, 3.8) is 0 Å². The predicted molar refractivity (Wildman–Crippen MR) is 125 cm³/mol. The van der Waals surface area contributed by atoms with Crippen LogP contribution >= 0.6 is 11.3 Å². The Morgan fingerprint density at radius 1 is 1.22 bits per heavy atom. The number of carbonyl (C=O) groups excluding carboxylic acids is 2. The average molecular weight is 449 g/mol. The highest BCUT2D eigenvalue weighted by molar-refractivity contribution is 7.20. The summed E-state index contributed by atoms with van der Waals surface area (Å²) in [7, 11) is 1.64. The number of para-hydroxylation sites is 1. The van der Waals surface area contributed by atoms with Crippen molar-refractivity contribution in [3.05, 3.63) is 64.8 Å². The van der Waals surface area contributed by atoms with E-state index in [9.17, 15) is 9.59 Å². The zero-order valence-corrected chi connectivity index (χ0v) is 18.8. The molecule has 4 aromatic rings.